The number of amides is 2. The van der Waals surface area contributed by atoms with Crippen LogP contribution in [0.3, 0.4) is 0 Å². The van der Waals surface area contributed by atoms with Crippen molar-refractivity contribution < 1.29 is 4.79 Å². The molecule has 0 aromatic heterocycles. The predicted octanol–water partition coefficient (Wildman–Crippen LogP) is 1.07. The van der Waals surface area contributed by atoms with Gasteiger partial charge in [0.05, 0.1) is 11.4 Å². The second kappa shape index (κ2) is 3.13. The lowest BCUT2D eigenvalue weighted by atomic mass is 10.2. The van der Waals surface area contributed by atoms with E-state index in [-0.39, 0.29) is 0 Å². The number of rotatable bonds is 1. The van der Waals surface area contributed by atoms with Gasteiger partial charge in [0.2, 0.25) is 0 Å². The molecule has 1 rings (SSSR count). The van der Waals surface area contributed by atoms with E-state index in [9.17, 15) is 4.79 Å². The van der Waals surface area contributed by atoms with Gasteiger partial charge in [-0.2, -0.15) is 0 Å². The second-order valence-electron chi connectivity index (χ2n) is 2.58. The van der Waals surface area contributed by atoms with E-state index < -0.39 is 6.03 Å². The number of nitrogens with one attached hydrogen (secondary N) is 1. The zero-order valence-electron chi connectivity index (χ0n) is 6.79. The molecule has 0 aliphatic carbocycles. The molecular formula is C8H11N3O. The molecule has 0 radical (unpaired) electrons. The van der Waals surface area contributed by atoms with Gasteiger partial charge in [-0.3, -0.25) is 0 Å². The van der Waals surface area contributed by atoms with E-state index in [2.05, 4.69) is 5.32 Å². The number of hydrogen-bond acceptors (Lipinski definition) is 2. The summed E-state index contributed by atoms with van der Waals surface area (Å²) in [6, 6.07) is 4.75. The number of primary amides is 1. The highest BCUT2D eigenvalue weighted by Crippen LogP contribution is 2.18. The van der Waals surface area contributed by atoms with Crippen LogP contribution in [-0.2, 0) is 0 Å². The normalized spacial score (nSPS) is 9.42. The summed E-state index contributed by atoms with van der Waals surface area (Å²) < 4.78 is 0. The fourth-order valence-corrected chi connectivity index (χ4v) is 0.911. The minimum Gasteiger partial charge on any atom is -0.397 e. The van der Waals surface area contributed by atoms with Gasteiger partial charge in [0.25, 0.3) is 0 Å². The minimum atomic E-state index is -0.604. The average Bonchev–Trinajstić information content (AvgIpc) is 1.96. The maximum atomic E-state index is 10.5. The van der Waals surface area contributed by atoms with Crippen molar-refractivity contribution in [2.45, 2.75) is 6.92 Å². The fourth-order valence-electron chi connectivity index (χ4n) is 0.911. The van der Waals surface area contributed by atoms with Gasteiger partial charge in [0.1, 0.15) is 0 Å². The van der Waals surface area contributed by atoms with Gasteiger partial charge in [0, 0.05) is 0 Å². The quantitative estimate of drug-likeness (QED) is 0.544. The van der Waals surface area contributed by atoms with Crippen LogP contribution in [0.1, 0.15) is 5.56 Å². The van der Waals surface area contributed by atoms with E-state index in [4.69, 9.17) is 11.5 Å². The topological polar surface area (TPSA) is 81.1 Å². The summed E-state index contributed by atoms with van der Waals surface area (Å²) in [6.45, 7) is 1.91. The van der Waals surface area contributed by atoms with Crippen LogP contribution in [-0.4, -0.2) is 6.03 Å². The molecule has 2 amide bonds. The molecule has 4 heteroatoms. The molecule has 0 unspecified atom stereocenters. The Morgan fingerprint density at radius 1 is 1.50 bits per heavy atom. The summed E-state index contributed by atoms with van der Waals surface area (Å²) in [6.07, 6.45) is 0. The van der Waals surface area contributed by atoms with Crippen LogP contribution in [0.2, 0.25) is 0 Å². The van der Waals surface area contributed by atoms with Gasteiger partial charge in [-0.15, -0.1) is 0 Å². The Bertz CT molecular complexity index is 309. The predicted molar refractivity (Wildman–Crippen MR) is 48.8 cm³/mol. The van der Waals surface area contributed by atoms with E-state index in [1.165, 1.54) is 0 Å². The second-order valence-corrected chi connectivity index (χ2v) is 2.58. The molecule has 0 aliphatic rings. The number of urea groups is 1. The Hall–Kier alpha value is -1.71. The molecule has 0 aliphatic heterocycles. The lowest BCUT2D eigenvalue weighted by molar-refractivity contribution is 0.259. The molecule has 4 nitrogen and oxygen atoms in total. The van der Waals surface area contributed by atoms with Crippen molar-refractivity contribution in [3.63, 3.8) is 0 Å². The van der Waals surface area contributed by atoms with Gasteiger partial charge < -0.3 is 16.8 Å². The molecule has 12 heavy (non-hydrogen) atoms. The van der Waals surface area contributed by atoms with Crippen LogP contribution in [0.15, 0.2) is 18.2 Å². The number of carbonyl (C=O) groups is 1. The van der Waals surface area contributed by atoms with Gasteiger partial charge in [-0.05, 0) is 24.6 Å². The van der Waals surface area contributed by atoms with Crippen LogP contribution in [0.4, 0.5) is 16.2 Å². The molecule has 0 fully saturated rings. The standard InChI is InChI=1S/C8H11N3O/c1-5-2-3-6(9)7(4-5)11-8(10)12/h2-4H,9H2,1H3,(H3,10,11,12). The minimum absolute atomic E-state index is 0.513. The number of nitrogen functional groups attached to an aromatic ring is 1. The monoisotopic (exact) mass is 165 g/mol. The molecular weight excluding hydrogens is 154 g/mol. The summed E-state index contributed by atoms with van der Waals surface area (Å²) in [7, 11) is 0. The van der Waals surface area contributed by atoms with Crippen molar-refractivity contribution in [3.8, 4) is 0 Å². The van der Waals surface area contributed by atoms with E-state index in [0.29, 0.717) is 11.4 Å². The molecule has 1 aromatic rings. The third-order valence-electron chi connectivity index (χ3n) is 1.47. The first-order chi connectivity index (χ1) is 5.59. The van der Waals surface area contributed by atoms with Crippen LogP contribution >= 0.6 is 0 Å². The Morgan fingerprint density at radius 2 is 2.17 bits per heavy atom. The Labute approximate surface area is 70.6 Å². The maximum absolute atomic E-state index is 10.5. The zero-order chi connectivity index (χ0) is 9.14. The van der Waals surface area contributed by atoms with E-state index in [0.717, 1.165) is 5.56 Å². The maximum Gasteiger partial charge on any atom is 0.316 e. The van der Waals surface area contributed by atoms with E-state index >= 15 is 0 Å². The van der Waals surface area contributed by atoms with E-state index in [1.807, 2.05) is 13.0 Å². The Morgan fingerprint density at radius 3 is 2.75 bits per heavy atom. The van der Waals surface area contributed by atoms with Crippen LogP contribution in [0.25, 0.3) is 0 Å². The van der Waals surface area contributed by atoms with Crippen molar-refractivity contribution in [2.24, 2.45) is 5.73 Å². The van der Waals surface area contributed by atoms with E-state index in [1.54, 1.807) is 12.1 Å². The van der Waals surface area contributed by atoms with Crippen LogP contribution in [0, 0.1) is 6.92 Å². The molecule has 64 valence electrons. The SMILES string of the molecule is Cc1ccc(N)c(NC(N)=O)c1. The first kappa shape index (κ1) is 8.39. The molecule has 0 saturated carbocycles. The van der Waals surface area contributed by atoms with Gasteiger partial charge in [-0.25, -0.2) is 4.79 Å². The van der Waals surface area contributed by atoms with Crippen LogP contribution < -0.4 is 16.8 Å². The molecule has 5 N–H and O–H groups in total. The molecule has 0 atom stereocenters. The highest BCUT2D eigenvalue weighted by Gasteiger charge is 2.00. The Balaban J connectivity index is 2.97. The summed E-state index contributed by atoms with van der Waals surface area (Å²) in [5.41, 5.74) is 12.6. The van der Waals surface area contributed by atoms with Crippen LogP contribution in [0.5, 0.6) is 0 Å². The smallest absolute Gasteiger partial charge is 0.316 e. The molecule has 0 spiro atoms. The van der Waals surface area contributed by atoms with Gasteiger partial charge in [0.15, 0.2) is 0 Å². The number of anilines is 2. The fraction of sp³-hybridized carbons (Fsp3) is 0.125. The largest absolute Gasteiger partial charge is 0.397 e. The van der Waals surface area contributed by atoms with Crippen molar-refractivity contribution >= 4 is 17.4 Å². The summed E-state index contributed by atoms with van der Waals surface area (Å²) in [5, 5.41) is 2.43. The number of nitrogens with two attached hydrogens (primary N) is 2. The van der Waals surface area contributed by atoms with Gasteiger partial charge in [-0.1, -0.05) is 6.07 Å². The lowest BCUT2D eigenvalue weighted by Crippen LogP contribution is -2.20. The highest BCUT2D eigenvalue weighted by molar-refractivity contribution is 5.91. The summed E-state index contributed by atoms with van der Waals surface area (Å²) in [4.78, 5) is 10.5. The van der Waals surface area contributed by atoms with Crippen molar-refractivity contribution in [2.75, 3.05) is 11.1 Å². The summed E-state index contributed by atoms with van der Waals surface area (Å²) >= 11 is 0. The third kappa shape index (κ3) is 1.88. The number of hydrogen-bond donors (Lipinski definition) is 3. The molecule has 0 heterocycles. The van der Waals surface area contributed by atoms with Crippen molar-refractivity contribution in [1.29, 1.82) is 0 Å². The highest BCUT2D eigenvalue weighted by atomic mass is 16.2. The lowest BCUT2D eigenvalue weighted by Gasteiger charge is -2.05. The number of benzene rings is 1. The first-order valence-electron chi connectivity index (χ1n) is 3.52. The van der Waals surface area contributed by atoms with Gasteiger partial charge >= 0.3 is 6.03 Å². The summed E-state index contributed by atoms with van der Waals surface area (Å²) in [5.74, 6) is 0. The number of carbonyl (C=O) groups excluding carboxylic acids is 1. The third-order valence-corrected chi connectivity index (χ3v) is 1.47. The first-order valence-corrected chi connectivity index (χ1v) is 3.52. The number of aryl methyl sites for hydroxylation is 1. The molecule has 0 saturated heterocycles. The van der Waals surface area contributed by atoms with Crippen molar-refractivity contribution in [3.05, 3.63) is 23.8 Å². The molecule has 0 bridgehead atoms. The van der Waals surface area contributed by atoms with Crippen molar-refractivity contribution in [1.82, 2.24) is 0 Å². The zero-order valence-corrected chi connectivity index (χ0v) is 6.79. The molecule has 1 aromatic carbocycles. The average molecular weight is 165 g/mol. The Kier molecular flexibility index (Phi) is 2.19.